The van der Waals surface area contributed by atoms with Crippen LogP contribution in [0.1, 0.15) is 43.5 Å². The van der Waals surface area contributed by atoms with Crippen molar-refractivity contribution in [1.82, 2.24) is 9.88 Å². The zero-order valence-electron chi connectivity index (χ0n) is 12.3. The second kappa shape index (κ2) is 4.97. The summed E-state index contributed by atoms with van der Waals surface area (Å²) < 4.78 is 0. The van der Waals surface area contributed by atoms with Crippen molar-refractivity contribution in [3.63, 3.8) is 0 Å². The van der Waals surface area contributed by atoms with Gasteiger partial charge in [-0.1, -0.05) is 32.4 Å². The summed E-state index contributed by atoms with van der Waals surface area (Å²) in [6, 6.07) is 7.93. The highest BCUT2D eigenvalue weighted by Gasteiger charge is 2.31. The summed E-state index contributed by atoms with van der Waals surface area (Å²) in [4.78, 5) is 17.9. The van der Waals surface area contributed by atoms with Gasteiger partial charge in [-0.3, -0.25) is 4.79 Å². The molecule has 0 saturated carbocycles. The molecule has 3 rings (SSSR count). The number of para-hydroxylation sites is 1. The first kappa shape index (κ1) is 13.2. The van der Waals surface area contributed by atoms with Crippen molar-refractivity contribution in [1.29, 1.82) is 0 Å². The molecule has 1 aliphatic rings. The Morgan fingerprint density at radius 1 is 1.30 bits per heavy atom. The molecule has 20 heavy (non-hydrogen) atoms. The highest BCUT2D eigenvalue weighted by atomic mass is 16.2. The van der Waals surface area contributed by atoms with Crippen LogP contribution in [-0.4, -0.2) is 28.9 Å². The van der Waals surface area contributed by atoms with E-state index in [0.717, 1.165) is 42.4 Å². The van der Waals surface area contributed by atoms with E-state index in [1.54, 1.807) is 0 Å². The van der Waals surface area contributed by atoms with E-state index < -0.39 is 0 Å². The van der Waals surface area contributed by atoms with E-state index in [9.17, 15) is 4.79 Å². The van der Waals surface area contributed by atoms with E-state index in [0.29, 0.717) is 5.41 Å². The number of hydrogen-bond acceptors (Lipinski definition) is 1. The Bertz CT molecular complexity index is 621. The van der Waals surface area contributed by atoms with Crippen LogP contribution in [0.4, 0.5) is 0 Å². The maximum Gasteiger partial charge on any atom is 0.255 e. The summed E-state index contributed by atoms with van der Waals surface area (Å²) in [7, 11) is 0. The van der Waals surface area contributed by atoms with Crippen molar-refractivity contribution in [2.24, 2.45) is 5.41 Å². The molecule has 3 nitrogen and oxygen atoms in total. The number of aromatic nitrogens is 1. The molecule has 1 fully saturated rings. The molecule has 0 aliphatic carbocycles. The molecule has 1 N–H and O–H groups in total. The van der Waals surface area contributed by atoms with E-state index in [-0.39, 0.29) is 5.91 Å². The predicted octanol–water partition coefficient (Wildman–Crippen LogP) is 3.82. The summed E-state index contributed by atoms with van der Waals surface area (Å²) >= 11 is 0. The third kappa shape index (κ3) is 2.21. The first-order valence-electron chi connectivity index (χ1n) is 7.48. The van der Waals surface area contributed by atoms with E-state index >= 15 is 0 Å². The maximum absolute atomic E-state index is 12.7. The summed E-state index contributed by atoms with van der Waals surface area (Å²) in [6.45, 7) is 6.33. The number of carbonyl (C=O) groups is 1. The molecule has 1 aromatic carbocycles. The minimum Gasteiger partial charge on any atom is -0.361 e. The fourth-order valence-electron chi connectivity index (χ4n) is 3.04. The van der Waals surface area contributed by atoms with Gasteiger partial charge in [-0.05, 0) is 30.4 Å². The third-order valence-corrected chi connectivity index (χ3v) is 4.93. The van der Waals surface area contributed by atoms with Gasteiger partial charge in [-0.2, -0.15) is 0 Å². The lowest BCUT2D eigenvalue weighted by molar-refractivity contribution is 0.0602. The molecule has 2 heterocycles. The van der Waals surface area contributed by atoms with Gasteiger partial charge < -0.3 is 9.88 Å². The zero-order chi connectivity index (χ0) is 14.2. The number of rotatable bonds is 2. The largest absolute Gasteiger partial charge is 0.361 e. The second-order valence-corrected chi connectivity index (χ2v) is 6.20. The van der Waals surface area contributed by atoms with Crippen molar-refractivity contribution >= 4 is 16.8 Å². The number of fused-ring (bicyclic) bond motifs is 1. The second-order valence-electron chi connectivity index (χ2n) is 6.20. The van der Waals surface area contributed by atoms with Crippen LogP contribution in [0.2, 0.25) is 0 Å². The molecule has 1 amide bonds. The van der Waals surface area contributed by atoms with Crippen LogP contribution in [0, 0.1) is 5.41 Å². The van der Waals surface area contributed by atoms with Crippen molar-refractivity contribution < 1.29 is 4.79 Å². The number of likely N-dealkylation sites (tertiary alicyclic amines) is 1. The number of H-pyrrole nitrogens is 1. The van der Waals surface area contributed by atoms with Gasteiger partial charge in [0.2, 0.25) is 0 Å². The van der Waals surface area contributed by atoms with Gasteiger partial charge in [-0.15, -0.1) is 0 Å². The monoisotopic (exact) mass is 270 g/mol. The number of amides is 1. The Hall–Kier alpha value is -1.77. The number of nitrogens with zero attached hydrogens (tertiary/aromatic N) is 1. The van der Waals surface area contributed by atoms with Crippen LogP contribution < -0.4 is 0 Å². The number of benzene rings is 1. The Morgan fingerprint density at radius 2 is 2.05 bits per heavy atom. The van der Waals surface area contributed by atoms with Gasteiger partial charge in [0.25, 0.3) is 5.91 Å². The van der Waals surface area contributed by atoms with Crippen molar-refractivity contribution in [3.05, 3.63) is 36.0 Å². The number of aromatic amines is 1. The Labute approximate surface area is 120 Å². The smallest absolute Gasteiger partial charge is 0.255 e. The van der Waals surface area contributed by atoms with Crippen LogP contribution in [0.15, 0.2) is 30.5 Å². The number of carbonyl (C=O) groups excluding carboxylic acids is 1. The maximum atomic E-state index is 12.7. The standard InChI is InChI=1S/C17H22N2O/c1-3-17(2)8-11-19(12-9-17)16(20)14-6-4-5-13-7-10-18-15(13)14/h4-7,10,18H,3,8-9,11-12H2,1-2H3. The predicted molar refractivity (Wildman–Crippen MR) is 81.8 cm³/mol. The Kier molecular flexibility index (Phi) is 3.28. The van der Waals surface area contributed by atoms with E-state index in [1.807, 2.05) is 35.4 Å². The summed E-state index contributed by atoms with van der Waals surface area (Å²) in [5.74, 6) is 0.163. The molecule has 1 aromatic heterocycles. The molecular weight excluding hydrogens is 248 g/mol. The average Bonchev–Trinajstić information content (AvgIpc) is 2.95. The lowest BCUT2D eigenvalue weighted by atomic mass is 9.78. The summed E-state index contributed by atoms with van der Waals surface area (Å²) in [5.41, 5.74) is 2.17. The van der Waals surface area contributed by atoms with Crippen molar-refractivity contribution in [3.8, 4) is 0 Å². The first-order valence-corrected chi connectivity index (χ1v) is 7.48. The SMILES string of the molecule is CCC1(C)CCN(C(=O)c2cccc3cc[nH]c23)CC1. The first-order chi connectivity index (χ1) is 9.63. The van der Waals surface area contributed by atoms with Crippen LogP contribution in [0.5, 0.6) is 0 Å². The van der Waals surface area contributed by atoms with Crippen LogP contribution >= 0.6 is 0 Å². The number of nitrogens with one attached hydrogen (secondary N) is 1. The molecule has 1 aliphatic heterocycles. The lowest BCUT2D eigenvalue weighted by Crippen LogP contribution is -2.42. The van der Waals surface area contributed by atoms with E-state index in [1.165, 1.54) is 6.42 Å². The fraction of sp³-hybridized carbons (Fsp3) is 0.471. The van der Waals surface area contributed by atoms with Gasteiger partial charge in [0, 0.05) is 24.7 Å². The quantitative estimate of drug-likeness (QED) is 0.884. The van der Waals surface area contributed by atoms with Gasteiger partial charge in [-0.25, -0.2) is 0 Å². The normalized spacial score (nSPS) is 18.4. The lowest BCUT2D eigenvalue weighted by Gasteiger charge is -2.39. The van der Waals surface area contributed by atoms with Crippen LogP contribution in [0.25, 0.3) is 10.9 Å². The highest BCUT2D eigenvalue weighted by molar-refractivity contribution is 6.05. The van der Waals surface area contributed by atoms with Gasteiger partial charge in [0.15, 0.2) is 0 Å². The summed E-state index contributed by atoms with van der Waals surface area (Å²) in [5, 5.41) is 1.10. The van der Waals surface area contributed by atoms with Crippen LogP contribution in [-0.2, 0) is 0 Å². The van der Waals surface area contributed by atoms with Gasteiger partial charge in [0.05, 0.1) is 11.1 Å². The summed E-state index contributed by atoms with van der Waals surface area (Å²) in [6.07, 6.45) is 5.30. The molecule has 1 saturated heterocycles. The molecular formula is C17H22N2O. The molecule has 0 spiro atoms. The van der Waals surface area contributed by atoms with Gasteiger partial charge in [0.1, 0.15) is 0 Å². The topological polar surface area (TPSA) is 36.1 Å². The molecule has 106 valence electrons. The number of hydrogen-bond donors (Lipinski definition) is 1. The molecule has 2 aromatic rings. The number of piperidine rings is 1. The van der Waals surface area contributed by atoms with Gasteiger partial charge >= 0.3 is 0 Å². The van der Waals surface area contributed by atoms with E-state index in [2.05, 4.69) is 18.8 Å². The van der Waals surface area contributed by atoms with E-state index in [4.69, 9.17) is 0 Å². The minimum atomic E-state index is 0.163. The molecule has 3 heteroatoms. The average molecular weight is 270 g/mol. The molecule has 0 bridgehead atoms. The van der Waals surface area contributed by atoms with Crippen molar-refractivity contribution in [2.75, 3.05) is 13.1 Å². The molecule has 0 atom stereocenters. The Morgan fingerprint density at radius 3 is 2.75 bits per heavy atom. The minimum absolute atomic E-state index is 0.163. The Balaban J connectivity index is 1.82. The fourth-order valence-corrected chi connectivity index (χ4v) is 3.04. The highest BCUT2D eigenvalue weighted by Crippen LogP contribution is 2.34. The van der Waals surface area contributed by atoms with Crippen molar-refractivity contribution in [2.45, 2.75) is 33.1 Å². The third-order valence-electron chi connectivity index (χ3n) is 4.93. The molecule has 0 radical (unpaired) electrons. The molecule has 0 unspecified atom stereocenters. The van der Waals surface area contributed by atoms with Crippen LogP contribution in [0.3, 0.4) is 0 Å². The zero-order valence-corrected chi connectivity index (χ0v) is 12.3.